The Balaban J connectivity index is 1.32. The van der Waals surface area contributed by atoms with Crippen LogP contribution in [0, 0.1) is 0 Å². The lowest BCUT2D eigenvalue weighted by atomic mass is 9.92. The van der Waals surface area contributed by atoms with E-state index in [9.17, 15) is 4.79 Å². The number of benzene rings is 3. The Morgan fingerprint density at radius 1 is 0.892 bits per heavy atom. The van der Waals surface area contributed by atoms with Gasteiger partial charge in [0.25, 0.3) is 0 Å². The van der Waals surface area contributed by atoms with Crippen molar-refractivity contribution in [1.82, 2.24) is 5.16 Å². The minimum atomic E-state index is -0.317. The van der Waals surface area contributed by atoms with Crippen LogP contribution in [0.4, 0.5) is 0 Å². The number of aromatic nitrogens is 1. The van der Waals surface area contributed by atoms with E-state index in [0.717, 1.165) is 22.4 Å². The van der Waals surface area contributed by atoms with Crippen LogP contribution in [0.1, 0.15) is 34.7 Å². The van der Waals surface area contributed by atoms with E-state index in [1.165, 1.54) is 20.5 Å². The van der Waals surface area contributed by atoms with Gasteiger partial charge in [0.1, 0.15) is 43.8 Å². The lowest BCUT2D eigenvalue weighted by Gasteiger charge is -2.14. The Bertz CT molecular complexity index is 1270. The number of hydrogen-bond acceptors (Lipinski definition) is 8. The zero-order chi connectivity index (χ0) is 25.9. The molecule has 8 heteroatoms. The molecule has 4 rings (SSSR count). The van der Waals surface area contributed by atoms with Crippen molar-refractivity contribution in [2.45, 2.75) is 18.9 Å². The summed E-state index contributed by atoms with van der Waals surface area (Å²) in [7, 11) is 2.89. The number of rotatable bonds is 12. The van der Waals surface area contributed by atoms with Crippen LogP contribution in [0.5, 0.6) is 11.5 Å². The summed E-state index contributed by atoms with van der Waals surface area (Å²) in [5, 5.41) is 8.08. The Morgan fingerprint density at radius 3 is 2.24 bits per heavy atom. The number of methoxy groups -OCH3 is 1. The molecule has 0 aliphatic rings. The summed E-state index contributed by atoms with van der Waals surface area (Å²) in [6.45, 7) is 0.681. The smallest absolute Gasteiger partial charge is 0.306 e. The molecule has 37 heavy (non-hydrogen) atoms. The fourth-order valence-corrected chi connectivity index (χ4v) is 3.74. The predicted octanol–water partition coefficient (Wildman–Crippen LogP) is 5.38. The number of hydrogen-bond donors (Lipinski definition) is 0. The third kappa shape index (κ3) is 7.20. The molecule has 190 valence electrons. The van der Waals surface area contributed by atoms with E-state index >= 15 is 0 Å². The van der Waals surface area contributed by atoms with Gasteiger partial charge in [-0.1, -0.05) is 64.9 Å². The van der Waals surface area contributed by atoms with Crippen molar-refractivity contribution in [2.75, 3.05) is 20.8 Å². The van der Waals surface area contributed by atoms with Gasteiger partial charge in [-0.3, -0.25) is 4.79 Å². The maximum Gasteiger partial charge on any atom is 0.306 e. The Morgan fingerprint density at radius 2 is 1.59 bits per heavy atom. The van der Waals surface area contributed by atoms with Crippen molar-refractivity contribution in [2.24, 2.45) is 5.16 Å². The maximum atomic E-state index is 11.9. The average molecular weight is 501 g/mol. The quantitative estimate of drug-likeness (QED) is 0.147. The monoisotopic (exact) mass is 500 g/mol. The molecule has 8 nitrogen and oxygen atoms in total. The minimum Gasteiger partial charge on any atom is -0.489 e. The third-order valence-electron chi connectivity index (χ3n) is 5.71. The van der Waals surface area contributed by atoms with Gasteiger partial charge in [-0.2, -0.15) is 0 Å². The van der Waals surface area contributed by atoms with E-state index in [4.69, 9.17) is 23.6 Å². The van der Waals surface area contributed by atoms with Gasteiger partial charge in [-0.15, -0.1) is 0 Å². The molecule has 1 heterocycles. The molecule has 3 aromatic carbocycles. The maximum absolute atomic E-state index is 11.9. The fraction of sp³-hybridized carbons (Fsp3) is 0.207. The first-order valence-electron chi connectivity index (χ1n) is 11.7. The second-order valence-electron chi connectivity index (χ2n) is 8.13. The minimum absolute atomic E-state index is 0.168. The van der Waals surface area contributed by atoms with Gasteiger partial charge in [0.2, 0.25) is 0 Å². The highest BCUT2D eigenvalue weighted by Crippen LogP contribution is 2.29. The molecular weight excluding hydrogens is 472 g/mol. The number of ether oxygens (including phenoxy) is 3. The fourth-order valence-electron chi connectivity index (χ4n) is 3.74. The van der Waals surface area contributed by atoms with Crippen LogP contribution in [0.2, 0.25) is 0 Å². The summed E-state index contributed by atoms with van der Waals surface area (Å²) in [5.41, 5.74) is 4.23. The van der Waals surface area contributed by atoms with Crippen LogP contribution in [-0.4, -0.2) is 37.7 Å². The van der Waals surface area contributed by atoms with E-state index in [0.29, 0.717) is 23.8 Å². The lowest BCUT2D eigenvalue weighted by Crippen LogP contribution is -2.13. The topological polar surface area (TPSA) is 92.4 Å². The van der Waals surface area contributed by atoms with E-state index in [1.54, 1.807) is 6.07 Å². The van der Waals surface area contributed by atoms with Crippen molar-refractivity contribution in [1.29, 1.82) is 0 Å². The van der Waals surface area contributed by atoms with E-state index in [1.807, 2.05) is 78.9 Å². The molecule has 1 atom stereocenters. The first kappa shape index (κ1) is 25.5. The molecule has 0 saturated heterocycles. The first-order valence-corrected chi connectivity index (χ1v) is 11.7. The normalized spacial score (nSPS) is 12.0. The van der Waals surface area contributed by atoms with Crippen molar-refractivity contribution < 1.29 is 28.4 Å². The lowest BCUT2D eigenvalue weighted by molar-refractivity contribution is -0.140. The van der Waals surface area contributed by atoms with Gasteiger partial charge in [-0.05, 0) is 35.4 Å². The summed E-state index contributed by atoms with van der Waals surface area (Å²) < 4.78 is 21.6. The third-order valence-corrected chi connectivity index (χ3v) is 5.71. The van der Waals surface area contributed by atoms with Crippen LogP contribution in [0.25, 0.3) is 0 Å². The molecule has 0 spiro atoms. The molecule has 0 N–H and O–H groups in total. The van der Waals surface area contributed by atoms with Crippen LogP contribution < -0.4 is 9.47 Å². The van der Waals surface area contributed by atoms with Crippen LogP contribution in [-0.2, 0) is 21.0 Å². The Hall–Kier alpha value is -4.59. The van der Waals surface area contributed by atoms with Gasteiger partial charge in [0.15, 0.2) is 0 Å². The molecule has 0 radical (unpaired) electrons. The number of nitrogens with zero attached hydrogens (tertiary/aromatic N) is 2. The summed E-state index contributed by atoms with van der Waals surface area (Å²) in [6, 6.07) is 26.8. The molecule has 4 aromatic rings. The molecular formula is C29H28N2O6. The summed E-state index contributed by atoms with van der Waals surface area (Å²) in [6.07, 6.45) is 1.66. The van der Waals surface area contributed by atoms with Crippen molar-refractivity contribution >= 4 is 11.7 Å². The molecule has 0 fully saturated rings. The highest BCUT2D eigenvalue weighted by Gasteiger charge is 2.21. The highest BCUT2D eigenvalue weighted by atomic mass is 16.6. The van der Waals surface area contributed by atoms with E-state index in [2.05, 4.69) is 10.3 Å². The summed E-state index contributed by atoms with van der Waals surface area (Å²) in [4.78, 5) is 16.8. The number of esters is 1. The van der Waals surface area contributed by atoms with Crippen LogP contribution in [0.15, 0.2) is 101 Å². The number of carbonyl (C=O) groups excluding carboxylic acids is 1. The Kier molecular flexibility index (Phi) is 8.91. The van der Waals surface area contributed by atoms with E-state index < -0.39 is 0 Å². The molecule has 1 aromatic heterocycles. The molecule has 0 aliphatic carbocycles. The zero-order valence-corrected chi connectivity index (χ0v) is 20.7. The average Bonchev–Trinajstić information content (AvgIpc) is 3.49. The van der Waals surface area contributed by atoms with E-state index in [-0.39, 0.29) is 24.9 Å². The zero-order valence-electron chi connectivity index (χ0n) is 20.7. The second kappa shape index (κ2) is 12.9. The largest absolute Gasteiger partial charge is 0.489 e. The summed E-state index contributed by atoms with van der Waals surface area (Å²) >= 11 is 0. The van der Waals surface area contributed by atoms with Gasteiger partial charge in [0.05, 0.1) is 19.2 Å². The van der Waals surface area contributed by atoms with Crippen LogP contribution >= 0.6 is 0 Å². The molecule has 0 saturated carbocycles. The van der Waals surface area contributed by atoms with Crippen LogP contribution in [0.3, 0.4) is 0 Å². The van der Waals surface area contributed by atoms with Gasteiger partial charge < -0.3 is 23.6 Å². The summed E-state index contributed by atoms with van der Waals surface area (Å²) in [5.74, 6) is 0.855. The highest BCUT2D eigenvalue weighted by molar-refractivity contribution is 6.01. The first-order chi connectivity index (χ1) is 18.2. The number of carbonyl (C=O) groups is 1. The predicted molar refractivity (Wildman–Crippen MR) is 138 cm³/mol. The SMILES string of the molecule is CON=C(COc1ccc(COc2ccc(C(CC(=O)OC)c3ccon3)cc2)cc1)c1ccccc1. The molecule has 0 amide bonds. The molecule has 1 unspecified atom stereocenters. The van der Waals surface area contributed by atoms with Crippen molar-refractivity contribution in [3.8, 4) is 11.5 Å². The Labute approximate surface area is 215 Å². The number of oxime groups is 1. The molecule has 0 aliphatic heterocycles. The van der Waals surface area contributed by atoms with Gasteiger partial charge >= 0.3 is 5.97 Å². The standard InChI is InChI=1S/C29H28N2O6/c1-33-29(32)18-26(27-16-17-37-31-27)22-10-14-25(15-11-22)35-19-21-8-12-24(13-9-21)36-20-28(30-34-2)23-6-4-3-5-7-23/h3-17,26H,18-20H2,1-2H3. The van der Waals surface area contributed by atoms with Gasteiger partial charge in [0, 0.05) is 17.5 Å². The van der Waals surface area contributed by atoms with Crippen molar-refractivity contribution in [3.05, 3.63) is 114 Å². The van der Waals surface area contributed by atoms with Crippen molar-refractivity contribution in [3.63, 3.8) is 0 Å². The van der Waals surface area contributed by atoms with Gasteiger partial charge in [-0.25, -0.2) is 0 Å². The molecule has 0 bridgehead atoms. The second-order valence-corrected chi connectivity index (χ2v) is 8.13.